The summed E-state index contributed by atoms with van der Waals surface area (Å²) in [5.41, 5.74) is 3.48. The van der Waals surface area contributed by atoms with Crippen molar-refractivity contribution in [1.82, 2.24) is 4.98 Å². The molecule has 5 nitrogen and oxygen atoms in total. The van der Waals surface area contributed by atoms with Crippen molar-refractivity contribution in [3.63, 3.8) is 0 Å². The molecule has 0 fully saturated rings. The number of halogens is 1. The van der Waals surface area contributed by atoms with Crippen molar-refractivity contribution in [2.24, 2.45) is 0 Å². The molecule has 2 aromatic rings. The molecule has 1 N–H and O–H groups in total. The van der Waals surface area contributed by atoms with Crippen LogP contribution in [0.15, 0.2) is 18.2 Å². The standard InChI is InChI=1S/C14H14ClN3O2S/c1-18-6-5-8-3-4-9(7-10(8)18)16-14-17-12(15)11(21-14)13(19)20-2/h3-4,7H,5-6H2,1-2H3,(H,16,17). The van der Waals surface area contributed by atoms with E-state index in [9.17, 15) is 4.79 Å². The number of hydrogen-bond acceptors (Lipinski definition) is 6. The number of ether oxygens (including phenoxy) is 1. The summed E-state index contributed by atoms with van der Waals surface area (Å²) in [6.45, 7) is 1.04. The van der Waals surface area contributed by atoms with Crippen molar-refractivity contribution in [3.8, 4) is 0 Å². The third-order valence-corrected chi connectivity index (χ3v) is 4.76. The normalized spacial score (nSPS) is 13.2. The van der Waals surface area contributed by atoms with Crippen LogP contribution in [0.1, 0.15) is 15.2 Å². The van der Waals surface area contributed by atoms with E-state index in [0.717, 1.165) is 18.7 Å². The predicted molar refractivity (Wildman–Crippen MR) is 85.2 cm³/mol. The zero-order valence-electron chi connectivity index (χ0n) is 11.6. The zero-order valence-corrected chi connectivity index (χ0v) is 13.2. The Labute approximate surface area is 131 Å². The van der Waals surface area contributed by atoms with Gasteiger partial charge in [-0.3, -0.25) is 0 Å². The third kappa shape index (κ3) is 2.69. The van der Waals surface area contributed by atoms with Gasteiger partial charge in [0.1, 0.15) is 0 Å². The fourth-order valence-electron chi connectivity index (χ4n) is 2.31. The lowest BCUT2D eigenvalue weighted by Gasteiger charge is -2.13. The van der Waals surface area contributed by atoms with Crippen molar-refractivity contribution >= 4 is 45.4 Å². The van der Waals surface area contributed by atoms with E-state index >= 15 is 0 Å². The molecule has 1 aromatic carbocycles. The van der Waals surface area contributed by atoms with E-state index in [0.29, 0.717) is 10.0 Å². The molecule has 0 unspecified atom stereocenters. The molecule has 21 heavy (non-hydrogen) atoms. The maximum atomic E-state index is 11.5. The van der Waals surface area contributed by atoms with E-state index in [-0.39, 0.29) is 5.15 Å². The molecule has 1 aliphatic rings. The van der Waals surface area contributed by atoms with Crippen molar-refractivity contribution in [1.29, 1.82) is 0 Å². The van der Waals surface area contributed by atoms with E-state index in [1.165, 1.54) is 29.7 Å². The first-order chi connectivity index (χ1) is 10.1. The first-order valence-corrected chi connectivity index (χ1v) is 7.63. The van der Waals surface area contributed by atoms with Crippen molar-refractivity contribution in [3.05, 3.63) is 33.8 Å². The number of likely N-dealkylation sites (N-methyl/N-ethyl adjacent to an activating group) is 1. The number of hydrogen-bond donors (Lipinski definition) is 1. The molecule has 110 valence electrons. The van der Waals surface area contributed by atoms with Crippen LogP contribution in [0.3, 0.4) is 0 Å². The maximum absolute atomic E-state index is 11.5. The fraction of sp³-hybridized carbons (Fsp3) is 0.286. The van der Waals surface area contributed by atoms with E-state index in [2.05, 4.69) is 39.1 Å². The Balaban J connectivity index is 1.84. The second-order valence-electron chi connectivity index (χ2n) is 4.77. The van der Waals surface area contributed by atoms with Crippen LogP contribution < -0.4 is 10.2 Å². The van der Waals surface area contributed by atoms with Crippen LogP contribution in [0.25, 0.3) is 0 Å². The SMILES string of the molecule is COC(=O)c1sc(Nc2ccc3c(c2)N(C)CC3)nc1Cl. The van der Waals surface area contributed by atoms with E-state index < -0.39 is 5.97 Å². The summed E-state index contributed by atoms with van der Waals surface area (Å²) < 4.78 is 4.67. The van der Waals surface area contributed by atoms with Gasteiger partial charge in [0.05, 0.1) is 7.11 Å². The minimum absolute atomic E-state index is 0.160. The molecular weight excluding hydrogens is 310 g/mol. The molecule has 0 amide bonds. The van der Waals surface area contributed by atoms with E-state index in [1.54, 1.807) is 0 Å². The number of methoxy groups -OCH3 is 1. The maximum Gasteiger partial charge on any atom is 0.351 e. The lowest BCUT2D eigenvalue weighted by atomic mass is 10.1. The zero-order chi connectivity index (χ0) is 15.0. The van der Waals surface area contributed by atoms with Crippen LogP contribution >= 0.6 is 22.9 Å². The number of esters is 1. The summed E-state index contributed by atoms with van der Waals surface area (Å²) in [7, 11) is 3.40. The highest BCUT2D eigenvalue weighted by molar-refractivity contribution is 7.18. The van der Waals surface area contributed by atoms with Gasteiger partial charge in [0, 0.05) is 25.0 Å². The number of aromatic nitrogens is 1. The van der Waals surface area contributed by atoms with Crippen LogP contribution in [0.5, 0.6) is 0 Å². The van der Waals surface area contributed by atoms with Gasteiger partial charge in [0.15, 0.2) is 15.2 Å². The molecule has 0 aliphatic carbocycles. The molecule has 1 aromatic heterocycles. The fourth-order valence-corrected chi connectivity index (χ4v) is 3.44. The van der Waals surface area contributed by atoms with Gasteiger partial charge in [-0.25, -0.2) is 9.78 Å². The largest absolute Gasteiger partial charge is 0.465 e. The van der Waals surface area contributed by atoms with Crippen LogP contribution in [-0.4, -0.2) is 31.7 Å². The minimum atomic E-state index is -0.473. The summed E-state index contributed by atoms with van der Waals surface area (Å²) >= 11 is 7.13. The van der Waals surface area contributed by atoms with Crippen molar-refractivity contribution in [2.45, 2.75) is 6.42 Å². The monoisotopic (exact) mass is 323 g/mol. The van der Waals surface area contributed by atoms with E-state index in [4.69, 9.17) is 11.6 Å². The second-order valence-corrected chi connectivity index (χ2v) is 6.13. The Morgan fingerprint density at radius 2 is 2.33 bits per heavy atom. The minimum Gasteiger partial charge on any atom is -0.465 e. The van der Waals surface area contributed by atoms with Crippen LogP contribution in [0.4, 0.5) is 16.5 Å². The topological polar surface area (TPSA) is 54.5 Å². The van der Waals surface area contributed by atoms with Crippen molar-refractivity contribution in [2.75, 3.05) is 30.9 Å². The third-order valence-electron chi connectivity index (χ3n) is 3.42. The van der Waals surface area contributed by atoms with Gasteiger partial charge >= 0.3 is 5.97 Å². The molecule has 0 spiro atoms. The summed E-state index contributed by atoms with van der Waals surface area (Å²) in [5.74, 6) is -0.473. The highest BCUT2D eigenvalue weighted by Crippen LogP contribution is 2.33. The molecule has 3 rings (SSSR count). The van der Waals surface area contributed by atoms with Crippen LogP contribution in [-0.2, 0) is 11.2 Å². The highest BCUT2D eigenvalue weighted by Gasteiger charge is 2.19. The van der Waals surface area contributed by atoms with Gasteiger partial charge in [-0.1, -0.05) is 29.0 Å². The molecule has 1 aliphatic heterocycles. The number of nitrogens with zero attached hydrogens (tertiary/aromatic N) is 2. The smallest absolute Gasteiger partial charge is 0.351 e. The summed E-state index contributed by atoms with van der Waals surface area (Å²) in [6.07, 6.45) is 1.07. The summed E-state index contributed by atoms with van der Waals surface area (Å²) in [4.78, 5) is 18.2. The first kappa shape index (κ1) is 14.2. The highest BCUT2D eigenvalue weighted by atomic mass is 35.5. The van der Waals surface area contributed by atoms with Gasteiger partial charge in [0.2, 0.25) is 0 Å². The number of carbonyl (C=O) groups is 1. The molecule has 2 heterocycles. The first-order valence-electron chi connectivity index (χ1n) is 6.44. The van der Waals surface area contributed by atoms with Crippen molar-refractivity contribution < 1.29 is 9.53 Å². The number of fused-ring (bicyclic) bond motifs is 1. The Morgan fingerprint density at radius 3 is 3.10 bits per heavy atom. The average molecular weight is 324 g/mol. The lowest BCUT2D eigenvalue weighted by Crippen LogP contribution is -2.12. The summed E-state index contributed by atoms with van der Waals surface area (Å²) in [6, 6.07) is 6.19. The number of nitrogens with one attached hydrogen (secondary N) is 1. The van der Waals surface area contributed by atoms with Gasteiger partial charge in [0.25, 0.3) is 0 Å². The van der Waals surface area contributed by atoms with Gasteiger partial charge in [-0.05, 0) is 24.1 Å². The Morgan fingerprint density at radius 1 is 1.52 bits per heavy atom. The van der Waals surface area contributed by atoms with Crippen LogP contribution in [0, 0.1) is 0 Å². The molecular formula is C14H14ClN3O2S. The molecule has 0 bridgehead atoms. The average Bonchev–Trinajstić information content (AvgIpc) is 3.02. The Bertz CT molecular complexity index is 702. The Hall–Kier alpha value is -1.79. The molecule has 0 atom stereocenters. The number of anilines is 3. The van der Waals surface area contributed by atoms with Crippen LogP contribution in [0.2, 0.25) is 5.15 Å². The Kier molecular flexibility index (Phi) is 3.73. The number of rotatable bonds is 3. The van der Waals surface area contributed by atoms with Gasteiger partial charge < -0.3 is 15.0 Å². The van der Waals surface area contributed by atoms with E-state index in [1.807, 2.05) is 6.07 Å². The molecule has 7 heteroatoms. The van der Waals surface area contributed by atoms with Gasteiger partial charge in [-0.2, -0.15) is 0 Å². The lowest BCUT2D eigenvalue weighted by molar-refractivity contribution is 0.0606. The number of carbonyl (C=O) groups excluding carboxylic acids is 1. The van der Waals surface area contributed by atoms with Gasteiger partial charge in [-0.15, -0.1) is 0 Å². The second kappa shape index (κ2) is 5.54. The molecule has 0 saturated heterocycles. The summed E-state index contributed by atoms with van der Waals surface area (Å²) in [5, 5.41) is 3.91. The quantitative estimate of drug-likeness (QED) is 0.878. The molecule has 0 radical (unpaired) electrons. The molecule has 0 saturated carbocycles. The number of benzene rings is 1. The number of thiazole rings is 1. The predicted octanol–water partition coefficient (Wildman–Crippen LogP) is 3.32.